The minimum Gasteiger partial charge on any atom is -0.423 e. The van der Waals surface area contributed by atoms with Gasteiger partial charge in [-0.1, -0.05) is 33.1 Å². The number of hydrogen-bond acceptors (Lipinski definition) is 6. The summed E-state index contributed by atoms with van der Waals surface area (Å²) in [6.07, 6.45) is 12.1. The average molecular weight is 472 g/mol. The predicted octanol–water partition coefficient (Wildman–Crippen LogP) is 3.80. The van der Waals surface area contributed by atoms with Crippen LogP contribution >= 0.6 is 0 Å². The van der Waals surface area contributed by atoms with Crippen molar-refractivity contribution in [2.75, 3.05) is 26.2 Å². The summed E-state index contributed by atoms with van der Waals surface area (Å²) in [5.41, 5.74) is 0.0958. The molecule has 1 aromatic rings. The van der Waals surface area contributed by atoms with Crippen LogP contribution in [0.25, 0.3) is 0 Å². The lowest BCUT2D eigenvalue weighted by atomic mass is 9.76. The molecule has 34 heavy (non-hydrogen) atoms. The molecule has 8 heteroatoms. The van der Waals surface area contributed by atoms with Gasteiger partial charge < -0.3 is 14.6 Å². The molecule has 2 saturated heterocycles. The molecule has 1 aromatic heterocycles. The third-order valence-corrected chi connectivity index (χ3v) is 8.49. The molecule has 5 rings (SSSR count). The molecule has 2 aliphatic heterocycles. The Kier molecular flexibility index (Phi) is 6.96. The van der Waals surface area contributed by atoms with E-state index in [9.17, 15) is 9.59 Å². The van der Waals surface area contributed by atoms with Crippen molar-refractivity contribution in [3.8, 4) is 0 Å². The Hall–Kier alpha value is -1.96. The van der Waals surface area contributed by atoms with E-state index in [4.69, 9.17) is 4.42 Å². The maximum Gasteiger partial charge on any atom is 0.234 e. The number of rotatable bonds is 7. The second-order valence-corrected chi connectivity index (χ2v) is 11.7. The molecule has 2 amide bonds. The maximum atomic E-state index is 13.0. The number of amides is 2. The first-order valence-electron chi connectivity index (χ1n) is 13.6. The van der Waals surface area contributed by atoms with Crippen LogP contribution in [0.15, 0.2) is 4.42 Å². The molecule has 188 valence electrons. The number of nitrogens with zero attached hydrogens (tertiary/aromatic N) is 4. The molecular weight excluding hydrogens is 430 g/mol. The second-order valence-electron chi connectivity index (χ2n) is 11.7. The van der Waals surface area contributed by atoms with Gasteiger partial charge in [0.25, 0.3) is 0 Å². The second kappa shape index (κ2) is 9.96. The largest absolute Gasteiger partial charge is 0.423 e. The summed E-state index contributed by atoms with van der Waals surface area (Å²) >= 11 is 0. The summed E-state index contributed by atoms with van der Waals surface area (Å²) in [5.74, 6) is 2.49. The van der Waals surface area contributed by atoms with Crippen molar-refractivity contribution in [2.24, 2.45) is 11.3 Å². The fourth-order valence-corrected chi connectivity index (χ4v) is 6.21. The van der Waals surface area contributed by atoms with Crippen molar-refractivity contribution >= 4 is 11.8 Å². The highest BCUT2D eigenvalue weighted by Crippen LogP contribution is 2.49. The number of hydrogen-bond donors (Lipinski definition) is 1. The van der Waals surface area contributed by atoms with Gasteiger partial charge in [0.15, 0.2) is 0 Å². The number of aromatic nitrogens is 2. The van der Waals surface area contributed by atoms with E-state index in [2.05, 4.69) is 25.3 Å². The monoisotopic (exact) mass is 471 g/mol. The number of carbonyl (C=O) groups is 2. The van der Waals surface area contributed by atoms with E-state index in [1.54, 1.807) is 0 Å². The number of carbonyl (C=O) groups excluding carboxylic acids is 2. The highest BCUT2D eigenvalue weighted by atomic mass is 16.4. The SMILES string of the molecule is CC(C)c1nnc(C2CC3(CCN(C(=O)CC4CCCCC4)CC3)CN2CC(=O)NC2CC2)o1. The zero-order valence-electron chi connectivity index (χ0n) is 20.9. The van der Waals surface area contributed by atoms with Gasteiger partial charge in [-0.2, -0.15) is 0 Å². The molecule has 1 atom stereocenters. The van der Waals surface area contributed by atoms with Crippen LogP contribution in [0.4, 0.5) is 0 Å². The Morgan fingerprint density at radius 3 is 2.47 bits per heavy atom. The Bertz CT molecular complexity index is 866. The van der Waals surface area contributed by atoms with Crippen LogP contribution in [-0.2, 0) is 9.59 Å². The zero-order valence-corrected chi connectivity index (χ0v) is 20.9. The molecule has 2 saturated carbocycles. The predicted molar refractivity (Wildman–Crippen MR) is 128 cm³/mol. The highest BCUT2D eigenvalue weighted by molar-refractivity contribution is 5.78. The third kappa shape index (κ3) is 5.47. The summed E-state index contributed by atoms with van der Waals surface area (Å²) in [4.78, 5) is 30.0. The number of likely N-dealkylation sites (tertiary alicyclic amines) is 2. The Morgan fingerprint density at radius 1 is 1.09 bits per heavy atom. The van der Waals surface area contributed by atoms with Gasteiger partial charge in [-0.3, -0.25) is 14.5 Å². The van der Waals surface area contributed by atoms with Crippen LogP contribution in [0, 0.1) is 11.3 Å². The van der Waals surface area contributed by atoms with Crippen molar-refractivity contribution in [1.82, 2.24) is 25.3 Å². The van der Waals surface area contributed by atoms with Crippen molar-refractivity contribution in [3.05, 3.63) is 11.8 Å². The first kappa shape index (κ1) is 23.8. The summed E-state index contributed by atoms with van der Waals surface area (Å²) in [6, 6.07) is 0.325. The standard InChI is InChI=1S/C26H41N5O3/c1-18(2)24-28-29-25(34-24)21-15-26(17-31(21)16-22(32)27-20-8-9-20)10-12-30(13-11-26)23(33)14-19-6-4-3-5-7-19/h18-21H,3-17H2,1-2H3,(H,27,32). The molecule has 1 spiro atoms. The molecule has 4 fully saturated rings. The number of piperidine rings is 1. The minimum absolute atomic E-state index is 0.0329. The van der Waals surface area contributed by atoms with E-state index < -0.39 is 0 Å². The molecule has 1 unspecified atom stereocenters. The molecule has 4 aliphatic rings. The molecule has 8 nitrogen and oxygen atoms in total. The van der Waals surface area contributed by atoms with Gasteiger partial charge in [0, 0.05) is 38.0 Å². The molecule has 0 bridgehead atoms. The van der Waals surface area contributed by atoms with Crippen LogP contribution in [0.5, 0.6) is 0 Å². The van der Waals surface area contributed by atoms with Crippen LogP contribution in [0.3, 0.4) is 0 Å². The Morgan fingerprint density at radius 2 is 1.82 bits per heavy atom. The fraction of sp³-hybridized carbons (Fsp3) is 0.846. The Labute approximate surface area is 203 Å². The Balaban J connectivity index is 1.23. The lowest BCUT2D eigenvalue weighted by Crippen LogP contribution is -2.45. The van der Waals surface area contributed by atoms with Gasteiger partial charge in [-0.05, 0) is 56.3 Å². The molecule has 1 N–H and O–H groups in total. The van der Waals surface area contributed by atoms with Crippen LogP contribution < -0.4 is 5.32 Å². The van der Waals surface area contributed by atoms with Gasteiger partial charge in [-0.15, -0.1) is 10.2 Å². The van der Waals surface area contributed by atoms with Gasteiger partial charge in [0.1, 0.15) is 0 Å². The quantitative estimate of drug-likeness (QED) is 0.650. The summed E-state index contributed by atoms with van der Waals surface area (Å²) in [5, 5.41) is 11.8. The van der Waals surface area contributed by atoms with Gasteiger partial charge >= 0.3 is 0 Å². The van der Waals surface area contributed by atoms with E-state index in [1.165, 1.54) is 32.1 Å². The molecule has 2 aliphatic carbocycles. The van der Waals surface area contributed by atoms with Crippen molar-refractivity contribution in [1.29, 1.82) is 0 Å². The van der Waals surface area contributed by atoms with Crippen LogP contribution in [0.1, 0.15) is 108 Å². The summed E-state index contributed by atoms with van der Waals surface area (Å²) < 4.78 is 6.05. The summed E-state index contributed by atoms with van der Waals surface area (Å²) in [7, 11) is 0. The van der Waals surface area contributed by atoms with E-state index in [-0.39, 0.29) is 23.3 Å². The first-order valence-corrected chi connectivity index (χ1v) is 13.6. The lowest BCUT2D eigenvalue weighted by molar-refractivity contribution is -0.134. The highest BCUT2D eigenvalue weighted by Gasteiger charge is 2.48. The van der Waals surface area contributed by atoms with Crippen molar-refractivity contribution < 1.29 is 14.0 Å². The maximum absolute atomic E-state index is 13.0. The van der Waals surface area contributed by atoms with Gasteiger partial charge in [0.05, 0.1) is 12.6 Å². The molecular formula is C26H41N5O3. The fourth-order valence-electron chi connectivity index (χ4n) is 6.21. The van der Waals surface area contributed by atoms with Gasteiger partial charge in [-0.25, -0.2) is 0 Å². The first-order chi connectivity index (χ1) is 16.4. The van der Waals surface area contributed by atoms with Crippen molar-refractivity contribution in [3.63, 3.8) is 0 Å². The minimum atomic E-state index is -0.0329. The van der Waals surface area contributed by atoms with Gasteiger partial charge in [0.2, 0.25) is 23.6 Å². The normalized spacial score (nSPS) is 25.9. The zero-order chi connectivity index (χ0) is 23.7. The van der Waals surface area contributed by atoms with Crippen molar-refractivity contribution in [2.45, 2.75) is 102 Å². The van der Waals surface area contributed by atoms with E-state index in [1.807, 2.05) is 13.8 Å². The van der Waals surface area contributed by atoms with Crippen LogP contribution in [-0.4, -0.2) is 64.0 Å². The summed E-state index contributed by atoms with van der Waals surface area (Å²) in [6.45, 7) is 6.96. The topological polar surface area (TPSA) is 91.6 Å². The number of nitrogens with one attached hydrogen (secondary N) is 1. The molecule has 0 radical (unpaired) electrons. The van der Waals surface area contributed by atoms with E-state index in [0.29, 0.717) is 36.2 Å². The average Bonchev–Trinajstić information content (AvgIpc) is 3.36. The van der Waals surface area contributed by atoms with Crippen LogP contribution in [0.2, 0.25) is 0 Å². The van der Waals surface area contributed by atoms with E-state index in [0.717, 1.165) is 58.2 Å². The molecule has 0 aromatic carbocycles. The van der Waals surface area contributed by atoms with E-state index >= 15 is 0 Å². The smallest absolute Gasteiger partial charge is 0.234 e. The third-order valence-electron chi connectivity index (χ3n) is 8.49. The molecule has 3 heterocycles. The lowest BCUT2D eigenvalue weighted by Gasteiger charge is -2.40.